The van der Waals surface area contributed by atoms with E-state index < -0.39 is 22.9 Å². The molecule has 21 heavy (non-hydrogen) atoms. The topological polar surface area (TPSA) is 32.3 Å². The number of hydrogen-bond acceptors (Lipinski definition) is 2. The monoisotopic (exact) mass is 324 g/mol. The van der Waals surface area contributed by atoms with Gasteiger partial charge >= 0.3 is 11.3 Å². The van der Waals surface area contributed by atoms with Crippen molar-refractivity contribution >= 4 is 23.2 Å². The predicted molar refractivity (Wildman–Crippen MR) is 70.5 cm³/mol. The van der Waals surface area contributed by atoms with Crippen LogP contribution < -0.4 is 10.2 Å². The average molecular weight is 325 g/mol. The molecule has 0 unspecified atom stereocenters. The summed E-state index contributed by atoms with van der Waals surface area (Å²) in [5, 5.41) is -1.84. The minimum atomic E-state index is -3.92. The fraction of sp³-hybridized carbons (Fsp3) is 0.462. The van der Waals surface area contributed by atoms with E-state index in [9.17, 15) is 22.4 Å². The summed E-state index contributed by atoms with van der Waals surface area (Å²) in [6, 6.07) is 3.57. The van der Waals surface area contributed by atoms with Crippen molar-refractivity contribution in [1.82, 2.24) is 5.32 Å². The second-order valence-electron chi connectivity index (χ2n) is 4.91. The molecule has 0 aromatic heterocycles. The van der Waals surface area contributed by atoms with Crippen LogP contribution in [0.15, 0.2) is 18.2 Å². The molecule has 0 saturated carbocycles. The third-order valence-corrected chi connectivity index (χ3v) is 3.53. The normalized spacial score (nSPS) is 18.9. The molecule has 1 N–H and O–H groups in total. The molecule has 1 heterocycles. The summed E-state index contributed by atoms with van der Waals surface area (Å²) in [5.41, 5.74) is 0.519. The summed E-state index contributed by atoms with van der Waals surface area (Å²) in [6.45, 7) is 1.09. The Morgan fingerprint density at radius 2 is 2.10 bits per heavy atom. The zero-order chi connectivity index (χ0) is 15.6. The molecule has 8 heteroatoms. The number of benzene rings is 1. The van der Waals surface area contributed by atoms with Gasteiger partial charge in [0.05, 0.1) is 0 Å². The number of rotatable bonds is 4. The number of hydrogen-bond donors (Lipinski definition) is 1. The van der Waals surface area contributed by atoms with Crippen LogP contribution in [0.5, 0.6) is 0 Å². The van der Waals surface area contributed by atoms with E-state index in [4.69, 9.17) is 0 Å². The molecule has 1 atom stereocenters. The zero-order valence-corrected chi connectivity index (χ0v) is 11.6. The van der Waals surface area contributed by atoms with E-state index in [-0.39, 0.29) is 12.5 Å². The first-order valence-electron chi connectivity index (χ1n) is 6.32. The van der Waals surface area contributed by atoms with E-state index in [0.29, 0.717) is 25.2 Å². The molecule has 1 aliphatic rings. The fourth-order valence-electron chi connectivity index (χ4n) is 2.25. The standard InChI is InChI=1S/C13H13ClF4N2O/c14-13(17,18)12(21)19-6-8-3-4-20(7-8)9-1-2-10(15)11(16)5-9/h1-2,5,8H,3-4,6-7H2,(H,19,21)/t8-/m1/s1. The number of nitrogens with zero attached hydrogens (tertiary/aromatic N) is 1. The van der Waals surface area contributed by atoms with Gasteiger partial charge in [-0.25, -0.2) is 8.78 Å². The Bertz CT molecular complexity index is 535. The molecule has 1 aromatic carbocycles. The van der Waals surface area contributed by atoms with Gasteiger partial charge in [-0.1, -0.05) is 0 Å². The fourth-order valence-corrected chi connectivity index (χ4v) is 2.32. The number of amides is 1. The Morgan fingerprint density at radius 1 is 1.38 bits per heavy atom. The van der Waals surface area contributed by atoms with Crippen molar-refractivity contribution in [2.45, 2.75) is 11.8 Å². The van der Waals surface area contributed by atoms with Gasteiger partial charge in [-0.2, -0.15) is 8.78 Å². The van der Waals surface area contributed by atoms with Gasteiger partial charge in [0.25, 0.3) is 0 Å². The van der Waals surface area contributed by atoms with Crippen molar-refractivity contribution in [2.75, 3.05) is 24.5 Å². The summed E-state index contributed by atoms with van der Waals surface area (Å²) in [5.74, 6) is -3.45. The third kappa shape index (κ3) is 4.00. The molecule has 1 aromatic rings. The highest BCUT2D eigenvalue weighted by Gasteiger charge is 2.36. The molecule has 1 saturated heterocycles. The second-order valence-corrected chi connectivity index (χ2v) is 5.38. The molecule has 116 valence electrons. The van der Waals surface area contributed by atoms with Gasteiger partial charge in [0.15, 0.2) is 11.6 Å². The second kappa shape index (κ2) is 6.09. The molecular weight excluding hydrogens is 312 g/mol. The Morgan fingerprint density at radius 3 is 2.71 bits per heavy atom. The van der Waals surface area contributed by atoms with Crippen LogP contribution in [0.2, 0.25) is 0 Å². The first-order chi connectivity index (χ1) is 9.77. The molecule has 1 amide bonds. The smallest absolute Gasteiger partial charge is 0.371 e. The van der Waals surface area contributed by atoms with Gasteiger partial charge in [-0.3, -0.25) is 4.79 Å². The molecule has 0 radical (unpaired) electrons. The minimum absolute atomic E-state index is 0.0546. The molecule has 0 bridgehead atoms. The molecule has 3 nitrogen and oxygen atoms in total. The number of carbonyl (C=O) groups excluding carboxylic acids is 1. The SMILES string of the molecule is O=C(NC[C@H]1CCN(c2ccc(F)c(F)c2)C1)C(F)(F)Cl. The van der Waals surface area contributed by atoms with Gasteiger partial charge < -0.3 is 10.2 Å². The number of halogens is 5. The number of carbonyl (C=O) groups is 1. The highest BCUT2D eigenvalue weighted by molar-refractivity contribution is 6.32. The number of anilines is 1. The first kappa shape index (κ1) is 15.9. The van der Waals surface area contributed by atoms with E-state index in [2.05, 4.69) is 16.9 Å². The highest BCUT2D eigenvalue weighted by atomic mass is 35.5. The molecule has 0 spiro atoms. The Hall–Kier alpha value is -1.50. The van der Waals surface area contributed by atoms with Crippen molar-refractivity contribution in [3.05, 3.63) is 29.8 Å². The van der Waals surface area contributed by atoms with Gasteiger partial charge in [-0.15, -0.1) is 0 Å². The van der Waals surface area contributed by atoms with Crippen molar-refractivity contribution in [3.8, 4) is 0 Å². The van der Waals surface area contributed by atoms with Crippen LogP contribution in [0.3, 0.4) is 0 Å². The largest absolute Gasteiger partial charge is 0.399 e. The molecule has 2 rings (SSSR count). The Kier molecular flexibility index (Phi) is 4.61. The van der Waals surface area contributed by atoms with Gasteiger partial charge in [-0.05, 0) is 36.1 Å². The lowest BCUT2D eigenvalue weighted by atomic mass is 10.1. The van der Waals surface area contributed by atoms with Crippen LogP contribution in [0.4, 0.5) is 23.2 Å². The lowest BCUT2D eigenvalue weighted by molar-refractivity contribution is -0.135. The number of alkyl halides is 3. The quantitative estimate of drug-likeness (QED) is 0.682. The van der Waals surface area contributed by atoms with Crippen LogP contribution >= 0.6 is 11.6 Å². The maximum Gasteiger partial charge on any atom is 0.399 e. The van der Waals surface area contributed by atoms with E-state index in [0.717, 1.165) is 12.1 Å². The molecular formula is C13H13ClF4N2O. The van der Waals surface area contributed by atoms with Crippen molar-refractivity contribution in [3.63, 3.8) is 0 Å². The van der Waals surface area contributed by atoms with E-state index in [1.165, 1.54) is 6.07 Å². The van der Waals surface area contributed by atoms with E-state index in [1.807, 2.05) is 0 Å². The highest BCUT2D eigenvalue weighted by Crippen LogP contribution is 2.25. The van der Waals surface area contributed by atoms with Crippen molar-refractivity contribution in [1.29, 1.82) is 0 Å². The van der Waals surface area contributed by atoms with Crippen molar-refractivity contribution < 1.29 is 22.4 Å². The third-order valence-electron chi connectivity index (χ3n) is 3.36. The summed E-state index contributed by atoms with van der Waals surface area (Å²) >= 11 is 4.59. The predicted octanol–water partition coefficient (Wildman–Crippen LogP) is 2.74. The van der Waals surface area contributed by atoms with Crippen molar-refractivity contribution in [2.24, 2.45) is 5.92 Å². The summed E-state index contributed by atoms with van der Waals surface area (Å²) in [6.07, 6.45) is 0.646. The summed E-state index contributed by atoms with van der Waals surface area (Å²) in [7, 11) is 0. The number of nitrogens with one attached hydrogen (secondary N) is 1. The van der Waals surface area contributed by atoms with Crippen LogP contribution in [-0.2, 0) is 4.79 Å². The van der Waals surface area contributed by atoms with Gasteiger partial charge in [0.2, 0.25) is 0 Å². The van der Waals surface area contributed by atoms with Crippen LogP contribution in [0.1, 0.15) is 6.42 Å². The van der Waals surface area contributed by atoms with Gasteiger partial charge in [0.1, 0.15) is 0 Å². The van der Waals surface area contributed by atoms with Crippen LogP contribution in [0, 0.1) is 17.6 Å². The molecule has 1 aliphatic heterocycles. The molecule has 1 fully saturated rings. The van der Waals surface area contributed by atoms with Crippen LogP contribution in [0.25, 0.3) is 0 Å². The minimum Gasteiger partial charge on any atom is -0.371 e. The van der Waals surface area contributed by atoms with Crippen LogP contribution in [-0.4, -0.2) is 30.9 Å². The maximum atomic E-state index is 13.2. The Balaban J connectivity index is 1.89. The van der Waals surface area contributed by atoms with E-state index in [1.54, 1.807) is 4.90 Å². The summed E-state index contributed by atoms with van der Waals surface area (Å²) < 4.78 is 51.0. The average Bonchev–Trinajstić information content (AvgIpc) is 2.87. The van der Waals surface area contributed by atoms with E-state index >= 15 is 0 Å². The lowest BCUT2D eigenvalue weighted by Crippen LogP contribution is -2.39. The summed E-state index contributed by atoms with van der Waals surface area (Å²) in [4.78, 5) is 12.8. The lowest BCUT2D eigenvalue weighted by Gasteiger charge is -2.19. The first-order valence-corrected chi connectivity index (χ1v) is 6.70. The Labute approximate surface area is 123 Å². The maximum absolute atomic E-state index is 13.2. The van der Waals surface area contributed by atoms with Gasteiger partial charge in [0, 0.05) is 31.4 Å². The zero-order valence-electron chi connectivity index (χ0n) is 10.9. The molecule has 0 aliphatic carbocycles.